The van der Waals surface area contributed by atoms with Gasteiger partial charge in [-0.05, 0) is 24.3 Å². The molecule has 0 unspecified atom stereocenters. The van der Waals surface area contributed by atoms with Crippen molar-refractivity contribution in [1.82, 2.24) is 19.1 Å². The quantitative estimate of drug-likeness (QED) is 0.415. The summed E-state index contributed by atoms with van der Waals surface area (Å²) in [5.74, 6) is -0.128. The van der Waals surface area contributed by atoms with E-state index in [0.29, 0.717) is 5.75 Å². The molecule has 1 atom stereocenters. The van der Waals surface area contributed by atoms with Crippen LogP contribution in [0.3, 0.4) is 0 Å². The number of hydrogen-bond donors (Lipinski definition) is 2. The summed E-state index contributed by atoms with van der Waals surface area (Å²) < 4.78 is 13.4. The van der Waals surface area contributed by atoms with Gasteiger partial charge in [-0.3, -0.25) is 18.9 Å². The van der Waals surface area contributed by atoms with Gasteiger partial charge in [-0.25, -0.2) is 9.59 Å². The first-order valence-corrected chi connectivity index (χ1v) is 9.76. The number of hydrogen-bond acceptors (Lipinski definition) is 7. The van der Waals surface area contributed by atoms with Gasteiger partial charge in [0.1, 0.15) is 18.5 Å². The lowest BCUT2D eigenvalue weighted by Gasteiger charge is -2.15. The van der Waals surface area contributed by atoms with Gasteiger partial charge in [0.2, 0.25) is 0 Å². The number of carbonyl (C=O) groups is 1. The number of H-pyrrole nitrogens is 1. The highest BCUT2D eigenvalue weighted by atomic mass is 16.6. The number of nitrogens with zero attached hydrogens (tertiary/aromatic N) is 3. The van der Waals surface area contributed by atoms with Crippen molar-refractivity contribution in [2.45, 2.75) is 12.6 Å². The van der Waals surface area contributed by atoms with Crippen LogP contribution in [0.2, 0.25) is 0 Å². The Morgan fingerprint density at radius 3 is 2.44 bits per heavy atom. The third-order valence-corrected chi connectivity index (χ3v) is 4.74. The Bertz CT molecular complexity index is 1360. The van der Waals surface area contributed by atoms with E-state index in [1.165, 1.54) is 11.6 Å². The van der Waals surface area contributed by atoms with Crippen LogP contribution in [0.5, 0.6) is 11.8 Å². The normalized spacial score (nSPS) is 11.9. The fraction of sp³-hybridized carbons (Fsp3) is 0.182. The fourth-order valence-corrected chi connectivity index (χ4v) is 3.15. The number of imidazole rings is 1. The first kappa shape index (κ1) is 21.1. The molecule has 0 aliphatic heterocycles. The summed E-state index contributed by atoms with van der Waals surface area (Å²) in [6.07, 6.45) is -1.07. The second kappa shape index (κ2) is 8.90. The molecule has 32 heavy (non-hydrogen) atoms. The number of aromatic amines is 1. The lowest BCUT2D eigenvalue weighted by Crippen LogP contribution is -2.30. The minimum absolute atomic E-state index is 0.0123. The number of para-hydroxylation sites is 1. The van der Waals surface area contributed by atoms with Crippen molar-refractivity contribution in [2.24, 2.45) is 7.05 Å². The maximum atomic E-state index is 12.6. The molecule has 2 aromatic heterocycles. The second-order valence-electron chi connectivity index (χ2n) is 7.03. The molecule has 2 heterocycles. The van der Waals surface area contributed by atoms with Gasteiger partial charge in [0.05, 0.1) is 12.1 Å². The molecule has 0 aliphatic rings. The zero-order chi connectivity index (χ0) is 22.7. The molecule has 4 rings (SSSR count). The number of rotatable bonds is 7. The third kappa shape index (κ3) is 4.30. The summed E-state index contributed by atoms with van der Waals surface area (Å²) in [7, 11) is 1.43. The van der Waals surface area contributed by atoms with E-state index in [1.807, 2.05) is 6.07 Å². The molecule has 0 amide bonds. The summed E-state index contributed by atoms with van der Waals surface area (Å²) >= 11 is 0. The van der Waals surface area contributed by atoms with Crippen molar-refractivity contribution in [3.63, 3.8) is 0 Å². The third-order valence-electron chi connectivity index (χ3n) is 4.74. The van der Waals surface area contributed by atoms with Crippen molar-refractivity contribution >= 4 is 17.1 Å². The van der Waals surface area contributed by atoms with Gasteiger partial charge in [0.15, 0.2) is 11.2 Å². The van der Waals surface area contributed by atoms with Gasteiger partial charge in [0, 0.05) is 7.05 Å². The number of ether oxygens (including phenoxy) is 2. The van der Waals surface area contributed by atoms with Crippen LogP contribution in [0.4, 0.5) is 0 Å². The van der Waals surface area contributed by atoms with Crippen LogP contribution in [0.25, 0.3) is 11.2 Å². The van der Waals surface area contributed by atoms with Crippen LogP contribution in [-0.2, 0) is 13.6 Å². The zero-order valence-corrected chi connectivity index (χ0v) is 17.1. The van der Waals surface area contributed by atoms with Gasteiger partial charge in [-0.15, -0.1) is 0 Å². The van der Waals surface area contributed by atoms with Crippen molar-refractivity contribution in [3.05, 3.63) is 87.1 Å². The molecule has 0 saturated heterocycles. The molecule has 0 spiro atoms. The second-order valence-corrected chi connectivity index (χ2v) is 7.03. The van der Waals surface area contributed by atoms with Crippen LogP contribution >= 0.6 is 0 Å². The Morgan fingerprint density at radius 2 is 1.75 bits per heavy atom. The Balaban J connectivity index is 1.67. The smallest absolute Gasteiger partial charge is 0.345 e. The number of nitrogens with one attached hydrogen (secondary N) is 1. The number of aromatic nitrogens is 4. The first-order valence-electron chi connectivity index (χ1n) is 9.76. The number of fused-ring (bicyclic) bond motifs is 1. The van der Waals surface area contributed by atoms with Crippen LogP contribution < -0.4 is 20.7 Å². The van der Waals surface area contributed by atoms with E-state index >= 15 is 0 Å². The Morgan fingerprint density at radius 1 is 1.09 bits per heavy atom. The molecule has 0 radical (unpaired) electrons. The number of aryl methyl sites for hydroxylation is 1. The fourth-order valence-electron chi connectivity index (χ4n) is 3.15. The van der Waals surface area contributed by atoms with E-state index in [0.717, 1.165) is 4.57 Å². The molecule has 4 aromatic rings. The average Bonchev–Trinajstić information content (AvgIpc) is 3.15. The molecule has 164 valence electrons. The van der Waals surface area contributed by atoms with Crippen LogP contribution in [0.1, 0.15) is 10.4 Å². The topological polar surface area (TPSA) is 128 Å². The van der Waals surface area contributed by atoms with Crippen molar-refractivity contribution in [2.75, 3.05) is 6.61 Å². The zero-order valence-electron chi connectivity index (χ0n) is 17.1. The van der Waals surface area contributed by atoms with Gasteiger partial charge >= 0.3 is 17.7 Å². The summed E-state index contributed by atoms with van der Waals surface area (Å²) in [6.45, 7) is -0.249. The Hall–Kier alpha value is -4.18. The highest BCUT2D eigenvalue weighted by Gasteiger charge is 2.23. The number of benzene rings is 2. The van der Waals surface area contributed by atoms with E-state index in [4.69, 9.17) is 9.47 Å². The minimum Gasteiger partial charge on any atom is -0.491 e. The molecular formula is C22H20N4O6. The molecule has 0 aliphatic carbocycles. The number of esters is 1. The number of carbonyl (C=O) groups excluding carboxylic acids is 1. The molecule has 10 nitrogen and oxygen atoms in total. The molecule has 2 N–H and O–H groups in total. The standard InChI is InChI=1S/C22H20N4O6/c1-25-18-17(19(28)24-21(25)30)26(12-15(27)13-31-16-10-6-3-7-11-16)22(23-18)32-20(29)14-8-4-2-5-9-14/h2-11,15,27H,12-13H2,1H3,(H,24,28,30)/t15-/m1/s1. The SMILES string of the molecule is Cn1c(=O)[nH]c(=O)c2c1nc(OC(=O)c1ccccc1)n2C[C@@H](O)COc1ccccc1. The first-order chi connectivity index (χ1) is 15.4. The predicted octanol–water partition coefficient (Wildman–Crippen LogP) is 1.08. The molecule has 0 bridgehead atoms. The molecule has 2 aromatic carbocycles. The largest absolute Gasteiger partial charge is 0.491 e. The highest BCUT2D eigenvalue weighted by molar-refractivity contribution is 5.91. The Labute approximate surface area is 181 Å². The van der Waals surface area contributed by atoms with Gasteiger partial charge < -0.3 is 14.6 Å². The Kier molecular flexibility index (Phi) is 5.86. The van der Waals surface area contributed by atoms with E-state index in [2.05, 4.69) is 9.97 Å². The number of aliphatic hydroxyl groups excluding tert-OH is 1. The summed E-state index contributed by atoms with van der Waals surface area (Å²) in [5.41, 5.74) is -1.09. The van der Waals surface area contributed by atoms with Crippen molar-refractivity contribution in [1.29, 1.82) is 0 Å². The summed E-state index contributed by atoms with van der Waals surface area (Å²) in [5, 5.41) is 10.5. The predicted molar refractivity (Wildman–Crippen MR) is 115 cm³/mol. The number of aliphatic hydroxyl groups is 1. The van der Waals surface area contributed by atoms with Gasteiger partial charge in [0.25, 0.3) is 5.56 Å². The van der Waals surface area contributed by atoms with E-state index < -0.39 is 23.3 Å². The maximum absolute atomic E-state index is 12.6. The van der Waals surface area contributed by atoms with Gasteiger partial charge in [-0.1, -0.05) is 36.4 Å². The highest BCUT2D eigenvalue weighted by Crippen LogP contribution is 2.20. The lowest BCUT2D eigenvalue weighted by molar-refractivity contribution is 0.0684. The van der Waals surface area contributed by atoms with Crippen LogP contribution in [0.15, 0.2) is 70.3 Å². The average molecular weight is 436 g/mol. The van der Waals surface area contributed by atoms with Gasteiger partial charge in [-0.2, -0.15) is 4.98 Å². The summed E-state index contributed by atoms with van der Waals surface area (Å²) in [4.78, 5) is 43.4. The minimum atomic E-state index is -1.07. The van der Waals surface area contributed by atoms with E-state index in [1.54, 1.807) is 54.6 Å². The molecular weight excluding hydrogens is 416 g/mol. The molecule has 10 heteroatoms. The maximum Gasteiger partial charge on any atom is 0.345 e. The van der Waals surface area contributed by atoms with E-state index in [-0.39, 0.29) is 35.9 Å². The summed E-state index contributed by atoms with van der Waals surface area (Å²) in [6, 6.07) is 16.9. The van der Waals surface area contributed by atoms with Crippen molar-refractivity contribution in [3.8, 4) is 11.8 Å². The van der Waals surface area contributed by atoms with Crippen molar-refractivity contribution < 1.29 is 19.4 Å². The van der Waals surface area contributed by atoms with Crippen LogP contribution in [-0.4, -0.2) is 42.9 Å². The molecule has 0 fully saturated rings. The van der Waals surface area contributed by atoms with E-state index in [9.17, 15) is 19.5 Å². The van der Waals surface area contributed by atoms with Crippen LogP contribution in [0, 0.1) is 0 Å². The monoisotopic (exact) mass is 436 g/mol. The lowest BCUT2D eigenvalue weighted by atomic mass is 10.2. The molecule has 0 saturated carbocycles.